The quantitative estimate of drug-likeness (QED) is 0.867. The van der Waals surface area contributed by atoms with Crippen LogP contribution in [0.25, 0.3) is 0 Å². The van der Waals surface area contributed by atoms with E-state index < -0.39 is 0 Å². The van der Waals surface area contributed by atoms with Gasteiger partial charge in [-0.15, -0.1) is 0 Å². The van der Waals surface area contributed by atoms with Crippen LogP contribution in [0.1, 0.15) is 25.8 Å². The fourth-order valence-corrected chi connectivity index (χ4v) is 2.98. The highest BCUT2D eigenvalue weighted by Crippen LogP contribution is 2.19. The summed E-state index contributed by atoms with van der Waals surface area (Å²) in [5, 5.41) is 0. The summed E-state index contributed by atoms with van der Waals surface area (Å²) in [6.45, 7) is 8.74. The maximum atomic E-state index is 11.9. The summed E-state index contributed by atoms with van der Waals surface area (Å²) < 4.78 is 0. The Morgan fingerprint density at radius 2 is 2.14 bits per heavy atom. The van der Waals surface area contributed by atoms with Crippen LogP contribution in [0.2, 0.25) is 0 Å². The second-order valence-corrected chi connectivity index (χ2v) is 6.04. The number of hydrogen-bond acceptors (Lipinski definition) is 3. The van der Waals surface area contributed by atoms with Crippen molar-refractivity contribution in [1.29, 1.82) is 0 Å². The van der Waals surface area contributed by atoms with Crippen molar-refractivity contribution < 1.29 is 4.79 Å². The molecule has 0 bridgehead atoms. The maximum absolute atomic E-state index is 11.9. The summed E-state index contributed by atoms with van der Waals surface area (Å²) in [5.41, 5.74) is 7.04. The van der Waals surface area contributed by atoms with Gasteiger partial charge in [0.15, 0.2) is 0 Å². The lowest BCUT2D eigenvalue weighted by atomic mass is 10.1. The van der Waals surface area contributed by atoms with Crippen molar-refractivity contribution in [1.82, 2.24) is 9.80 Å². The van der Waals surface area contributed by atoms with Gasteiger partial charge < -0.3 is 10.6 Å². The van der Waals surface area contributed by atoms with Crippen molar-refractivity contribution in [3.63, 3.8) is 0 Å². The Morgan fingerprint density at radius 3 is 2.76 bits per heavy atom. The fourth-order valence-electron chi connectivity index (χ4n) is 2.98. The predicted octanol–water partition coefficient (Wildman–Crippen LogP) is 1.70. The monoisotopic (exact) mass is 289 g/mol. The first-order valence-corrected chi connectivity index (χ1v) is 7.90. The number of nitrogens with zero attached hydrogens (tertiary/aromatic N) is 2. The van der Waals surface area contributed by atoms with Gasteiger partial charge in [0.2, 0.25) is 5.91 Å². The Labute approximate surface area is 127 Å². The van der Waals surface area contributed by atoms with Crippen LogP contribution in [0.3, 0.4) is 0 Å². The number of carbonyl (C=O) groups excluding carboxylic acids is 1. The van der Waals surface area contributed by atoms with Gasteiger partial charge in [0.1, 0.15) is 0 Å². The fraction of sp³-hybridized carbons (Fsp3) is 0.588. The second kappa shape index (κ2) is 7.57. The molecule has 4 heteroatoms. The number of carbonyl (C=O) groups is 1. The van der Waals surface area contributed by atoms with E-state index in [1.54, 1.807) is 6.92 Å². The largest absolute Gasteiger partial charge is 0.341 e. The molecule has 1 fully saturated rings. The zero-order valence-electron chi connectivity index (χ0n) is 13.2. The Morgan fingerprint density at radius 1 is 1.43 bits per heavy atom. The van der Waals surface area contributed by atoms with Crippen LogP contribution < -0.4 is 5.73 Å². The lowest BCUT2D eigenvalue weighted by Gasteiger charge is -2.24. The highest BCUT2D eigenvalue weighted by Gasteiger charge is 2.28. The number of rotatable bonds is 6. The number of likely N-dealkylation sites (tertiary alicyclic amines) is 1. The number of amides is 1. The number of benzene rings is 1. The van der Waals surface area contributed by atoms with E-state index in [1.165, 1.54) is 5.56 Å². The molecule has 1 aromatic rings. The maximum Gasteiger partial charge on any atom is 0.239 e. The van der Waals surface area contributed by atoms with Crippen molar-refractivity contribution in [3.05, 3.63) is 35.9 Å². The molecule has 2 rings (SSSR count). The summed E-state index contributed by atoms with van der Waals surface area (Å²) in [4.78, 5) is 16.3. The lowest BCUT2D eigenvalue weighted by Crippen LogP contribution is -2.41. The van der Waals surface area contributed by atoms with Crippen molar-refractivity contribution >= 4 is 5.91 Å². The molecule has 21 heavy (non-hydrogen) atoms. The summed E-state index contributed by atoms with van der Waals surface area (Å²) in [7, 11) is 0. The van der Waals surface area contributed by atoms with E-state index in [1.807, 2.05) is 11.0 Å². The third-order valence-electron chi connectivity index (χ3n) is 4.20. The topological polar surface area (TPSA) is 49.6 Å². The van der Waals surface area contributed by atoms with Crippen LogP contribution in [0.4, 0.5) is 0 Å². The lowest BCUT2D eigenvalue weighted by molar-refractivity contribution is -0.131. The summed E-state index contributed by atoms with van der Waals surface area (Å²) in [6, 6.07) is 10.2. The molecule has 2 atom stereocenters. The first-order valence-electron chi connectivity index (χ1n) is 7.90. The third kappa shape index (κ3) is 4.55. The standard InChI is InChI=1S/C17H27N3O/c1-3-19(11-15-7-5-4-6-8-15)12-16-9-10-20(13-16)17(21)14(2)18/h4-8,14,16H,3,9-13,18H2,1-2H3. The molecule has 0 saturated carbocycles. The molecule has 1 amide bonds. The minimum Gasteiger partial charge on any atom is -0.341 e. The molecule has 1 aliphatic rings. The van der Waals surface area contributed by atoms with E-state index in [-0.39, 0.29) is 11.9 Å². The average molecular weight is 289 g/mol. The molecule has 0 aliphatic carbocycles. The summed E-state index contributed by atoms with van der Waals surface area (Å²) >= 11 is 0. The average Bonchev–Trinajstić information content (AvgIpc) is 2.95. The van der Waals surface area contributed by atoms with Crippen LogP contribution in [-0.2, 0) is 11.3 Å². The SMILES string of the molecule is CCN(Cc1ccccc1)CC1CCN(C(=O)C(C)N)C1. The molecular weight excluding hydrogens is 262 g/mol. The molecule has 1 aliphatic heterocycles. The van der Waals surface area contributed by atoms with E-state index in [2.05, 4.69) is 36.1 Å². The van der Waals surface area contributed by atoms with Gasteiger partial charge in [-0.2, -0.15) is 0 Å². The number of hydrogen-bond donors (Lipinski definition) is 1. The van der Waals surface area contributed by atoms with Crippen LogP contribution >= 0.6 is 0 Å². The molecule has 4 nitrogen and oxygen atoms in total. The smallest absolute Gasteiger partial charge is 0.239 e. The molecule has 0 spiro atoms. The normalized spacial score (nSPS) is 20.0. The first-order chi connectivity index (χ1) is 10.1. The van der Waals surface area contributed by atoms with E-state index in [0.717, 1.165) is 39.1 Å². The second-order valence-electron chi connectivity index (χ2n) is 6.04. The minimum atomic E-state index is -0.379. The predicted molar refractivity (Wildman–Crippen MR) is 85.7 cm³/mol. The van der Waals surface area contributed by atoms with Gasteiger partial charge in [-0.25, -0.2) is 0 Å². The highest BCUT2D eigenvalue weighted by atomic mass is 16.2. The molecular formula is C17H27N3O. The molecule has 2 unspecified atom stereocenters. The van der Waals surface area contributed by atoms with Crippen LogP contribution in [0.5, 0.6) is 0 Å². The molecule has 1 saturated heterocycles. The van der Waals surface area contributed by atoms with Crippen LogP contribution in [0.15, 0.2) is 30.3 Å². The van der Waals surface area contributed by atoms with Crippen LogP contribution in [-0.4, -0.2) is 47.9 Å². The summed E-state index contributed by atoms with van der Waals surface area (Å²) in [6.07, 6.45) is 1.09. The van der Waals surface area contributed by atoms with E-state index in [4.69, 9.17) is 5.73 Å². The zero-order valence-corrected chi connectivity index (χ0v) is 13.2. The third-order valence-corrected chi connectivity index (χ3v) is 4.20. The van der Waals surface area contributed by atoms with Gasteiger partial charge in [-0.3, -0.25) is 9.69 Å². The molecule has 2 N–H and O–H groups in total. The zero-order chi connectivity index (χ0) is 15.2. The van der Waals surface area contributed by atoms with Gasteiger partial charge in [0.05, 0.1) is 6.04 Å². The minimum absolute atomic E-state index is 0.0867. The van der Waals surface area contributed by atoms with E-state index >= 15 is 0 Å². The van der Waals surface area contributed by atoms with Crippen molar-refractivity contribution in [2.45, 2.75) is 32.9 Å². The van der Waals surface area contributed by atoms with Gasteiger partial charge in [-0.05, 0) is 31.4 Å². The van der Waals surface area contributed by atoms with Gasteiger partial charge in [-0.1, -0.05) is 37.3 Å². The van der Waals surface area contributed by atoms with E-state index in [9.17, 15) is 4.79 Å². The van der Waals surface area contributed by atoms with Gasteiger partial charge >= 0.3 is 0 Å². The first kappa shape index (κ1) is 16.0. The highest BCUT2D eigenvalue weighted by molar-refractivity contribution is 5.81. The number of nitrogens with two attached hydrogens (primary N) is 1. The van der Waals surface area contributed by atoms with Gasteiger partial charge in [0.25, 0.3) is 0 Å². The van der Waals surface area contributed by atoms with Crippen molar-refractivity contribution in [3.8, 4) is 0 Å². The Balaban J connectivity index is 1.84. The Hall–Kier alpha value is -1.39. The van der Waals surface area contributed by atoms with Crippen molar-refractivity contribution in [2.75, 3.05) is 26.2 Å². The molecule has 0 aromatic heterocycles. The Kier molecular flexibility index (Phi) is 5.76. The molecule has 0 radical (unpaired) electrons. The summed E-state index contributed by atoms with van der Waals surface area (Å²) in [5.74, 6) is 0.653. The molecule has 1 heterocycles. The van der Waals surface area contributed by atoms with E-state index in [0.29, 0.717) is 5.92 Å². The molecule has 1 aromatic carbocycles. The van der Waals surface area contributed by atoms with Crippen molar-refractivity contribution in [2.24, 2.45) is 11.7 Å². The Bertz CT molecular complexity index is 447. The van der Waals surface area contributed by atoms with Gasteiger partial charge in [0, 0.05) is 26.2 Å². The molecule has 116 valence electrons. The van der Waals surface area contributed by atoms with Crippen LogP contribution in [0, 0.1) is 5.92 Å².